The number of pyridine rings is 1. The van der Waals surface area contributed by atoms with Crippen LogP contribution in [0.2, 0.25) is 0 Å². The Morgan fingerprint density at radius 2 is 1.87 bits per heavy atom. The number of amides is 2. The molecule has 0 aliphatic heterocycles. The van der Waals surface area contributed by atoms with Crippen LogP contribution >= 0.6 is 11.3 Å². The third kappa shape index (κ3) is 4.55. The number of aliphatic hydroxyl groups excluding tert-OH is 1. The molecule has 0 unspecified atom stereocenters. The van der Waals surface area contributed by atoms with Gasteiger partial charge in [0.05, 0.1) is 17.7 Å². The molecule has 4 rings (SSSR count). The molecule has 3 aromatic rings. The molecular formula is C23H25N3O4S. The molecule has 162 valence electrons. The molecule has 3 N–H and O–H groups in total. The maximum absolute atomic E-state index is 13.4. The molecule has 8 heteroatoms. The summed E-state index contributed by atoms with van der Waals surface area (Å²) >= 11 is 1.23. The molecule has 2 heterocycles. The van der Waals surface area contributed by atoms with Gasteiger partial charge in [0.25, 0.3) is 5.56 Å². The van der Waals surface area contributed by atoms with Crippen molar-refractivity contribution >= 4 is 38.4 Å². The molecule has 1 fully saturated rings. The number of aromatic nitrogens is 1. The summed E-state index contributed by atoms with van der Waals surface area (Å²) in [6, 6.07) is 11.5. The van der Waals surface area contributed by atoms with E-state index in [-0.39, 0.29) is 17.9 Å². The Bertz CT molecular complexity index is 1190. The summed E-state index contributed by atoms with van der Waals surface area (Å²) in [6.07, 6.45) is 2.18. The van der Waals surface area contributed by atoms with Crippen LogP contribution in [-0.4, -0.2) is 33.6 Å². The first kappa shape index (κ1) is 21.3. The predicted molar refractivity (Wildman–Crippen MR) is 122 cm³/mol. The highest BCUT2D eigenvalue weighted by Crippen LogP contribution is 2.38. The van der Waals surface area contributed by atoms with Crippen molar-refractivity contribution in [3.63, 3.8) is 0 Å². The molecule has 1 aliphatic rings. The number of aliphatic hydroxyl groups is 1. The van der Waals surface area contributed by atoms with Crippen molar-refractivity contribution in [3.05, 3.63) is 63.9 Å². The zero-order valence-corrected chi connectivity index (χ0v) is 18.3. The Hall–Kier alpha value is -2.97. The highest BCUT2D eigenvalue weighted by Gasteiger charge is 2.28. The van der Waals surface area contributed by atoms with E-state index in [1.165, 1.54) is 17.4 Å². The van der Waals surface area contributed by atoms with Crippen molar-refractivity contribution in [1.82, 2.24) is 9.88 Å². The molecule has 7 nitrogen and oxygen atoms in total. The minimum Gasteiger partial charge on any atom is -0.394 e. The molecule has 0 atom stereocenters. The van der Waals surface area contributed by atoms with Gasteiger partial charge in [-0.1, -0.05) is 41.7 Å². The minimum absolute atomic E-state index is 0.114. The summed E-state index contributed by atoms with van der Waals surface area (Å²) in [7, 11) is 0. The first-order chi connectivity index (χ1) is 14.8. The number of thiophene rings is 1. The molecule has 2 aromatic heterocycles. The number of benzene rings is 1. The zero-order valence-electron chi connectivity index (χ0n) is 17.5. The molecule has 0 saturated heterocycles. The molecule has 0 radical (unpaired) electrons. The predicted octanol–water partition coefficient (Wildman–Crippen LogP) is 3.60. The van der Waals surface area contributed by atoms with Crippen molar-refractivity contribution in [1.29, 1.82) is 0 Å². The molecule has 1 aromatic carbocycles. The quantitative estimate of drug-likeness (QED) is 0.490. The van der Waals surface area contributed by atoms with E-state index >= 15 is 0 Å². The van der Waals surface area contributed by atoms with Gasteiger partial charge in [0, 0.05) is 23.6 Å². The van der Waals surface area contributed by atoms with Gasteiger partial charge >= 0.3 is 6.03 Å². The first-order valence-electron chi connectivity index (χ1n) is 10.2. The number of rotatable bonds is 7. The van der Waals surface area contributed by atoms with E-state index in [9.17, 15) is 19.5 Å². The number of hydrogen-bond donors (Lipinski definition) is 3. The van der Waals surface area contributed by atoms with Crippen LogP contribution in [0.4, 0.5) is 9.80 Å². The normalized spacial score (nSPS) is 13.9. The lowest BCUT2D eigenvalue weighted by Crippen LogP contribution is -2.48. The minimum atomic E-state index is -0.821. The second-order valence-corrected chi connectivity index (χ2v) is 9.57. The number of carbonyl (C=O) groups excluding carboxylic acids is 2. The number of carbonyl (C=O) groups is 2. The molecular weight excluding hydrogens is 414 g/mol. The van der Waals surface area contributed by atoms with Crippen LogP contribution in [0.5, 0.6) is 0 Å². The fraction of sp³-hybridized carbons (Fsp3) is 0.348. The smallest absolute Gasteiger partial charge is 0.320 e. The second-order valence-electron chi connectivity index (χ2n) is 8.57. The Morgan fingerprint density at radius 3 is 2.52 bits per heavy atom. The zero-order chi connectivity index (χ0) is 22.2. The first-order valence-corrected chi connectivity index (χ1v) is 11.1. The van der Waals surface area contributed by atoms with Gasteiger partial charge in [0.1, 0.15) is 9.83 Å². The number of anilines is 1. The number of nitrogens with one attached hydrogen (secondary N) is 2. The van der Waals surface area contributed by atoms with Gasteiger partial charge in [-0.05, 0) is 38.7 Å². The molecule has 0 bridgehead atoms. The van der Waals surface area contributed by atoms with Gasteiger partial charge in [-0.15, -0.1) is 0 Å². The molecule has 0 spiro atoms. The summed E-state index contributed by atoms with van der Waals surface area (Å²) in [5, 5.41) is 15.9. The largest absolute Gasteiger partial charge is 0.394 e. The monoisotopic (exact) mass is 439 g/mol. The van der Waals surface area contributed by atoms with Crippen LogP contribution in [0.3, 0.4) is 0 Å². The van der Waals surface area contributed by atoms with Crippen LogP contribution in [0, 0.1) is 5.92 Å². The maximum Gasteiger partial charge on any atom is 0.320 e. The number of fused-ring (bicyclic) bond motifs is 1. The van der Waals surface area contributed by atoms with E-state index in [0.717, 1.165) is 12.8 Å². The number of hydrogen-bond acceptors (Lipinski definition) is 5. The Balaban J connectivity index is 1.81. The summed E-state index contributed by atoms with van der Waals surface area (Å²) in [5.41, 5.74) is -0.0657. The van der Waals surface area contributed by atoms with E-state index in [2.05, 4.69) is 10.6 Å². The topological polar surface area (TPSA) is 100 Å². The highest BCUT2D eigenvalue weighted by molar-refractivity contribution is 7.23. The summed E-state index contributed by atoms with van der Waals surface area (Å²) in [6.45, 7) is 3.77. The summed E-state index contributed by atoms with van der Waals surface area (Å²) in [5.74, 6) is 0.254. The van der Waals surface area contributed by atoms with E-state index < -0.39 is 11.6 Å². The lowest BCUT2D eigenvalue weighted by Gasteiger charge is -2.23. The average Bonchev–Trinajstić information content (AvgIpc) is 3.49. The van der Waals surface area contributed by atoms with Crippen LogP contribution in [0.1, 0.15) is 42.6 Å². The van der Waals surface area contributed by atoms with E-state index in [1.807, 2.05) is 6.07 Å². The Labute approximate surface area is 183 Å². The van der Waals surface area contributed by atoms with Crippen molar-refractivity contribution < 1.29 is 14.7 Å². The Kier molecular flexibility index (Phi) is 5.68. The summed E-state index contributed by atoms with van der Waals surface area (Å²) in [4.78, 5) is 39.3. The number of ketones is 1. The van der Waals surface area contributed by atoms with Crippen LogP contribution in [0.25, 0.3) is 10.2 Å². The van der Waals surface area contributed by atoms with Crippen molar-refractivity contribution in [2.24, 2.45) is 5.92 Å². The Morgan fingerprint density at radius 1 is 1.16 bits per heavy atom. The van der Waals surface area contributed by atoms with Gasteiger partial charge < -0.3 is 10.4 Å². The van der Waals surface area contributed by atoms with Crippen molar-refractivity contribution in [3.8, 4) is 0 Å². The highest BCUT2D eigenvalue weighted by atomic mass is 32.1. The van der Waals surface area contributed by atoms with Crippen LogP contribution in [-0.2, 0) is 6.54 Å². The van der Waals surface area contributed by atoms with Gasteiger partial charge in [0.15, 0.2) is 5.78 Å². The van der Waals surface area contributed by atoms with Crippen LogP contribution in [0.15, 0.2) is 47.3 Å². The molecule has 31 heavy (non-hydrogen) atoms. The average molecular weight is 440 g/mol. The lowest BCUT2D eigenvalue weighted by atomic mass is 10.0. The van der Waals surface area contributed by atoms with Crippen LogP contribution < -0.4 is 16.2 Å². The third-order valence-electron chi connectivity index (χ3n) is 5.30. The number of urea groups is 1. The van der Waals surface area contributed by atoms with E-state index in [4.69, 9.17) is 0 Å². The second kappa shape index (κ2) is 8.28. The van der Waals surface area contributed by atoms with Gasteiger partial charge in [-0.3, -0.25) is 19.5 Å². The van der Waals surface area contributed by atoms with E-state index in [0.29, 0.717) is 38.8 Å². The lowest BCUT2D eigenvalue weighted by molar-refractivity contribution is 0.104. The van der Waals surface area contributed by atoms with Gasteiger partial charge in [-0.2, -0.15) is 0 Å². The fourth-order valence-corrected chi connectivity index (χ4v) is 4.59. The number of nitrogens with zero attached hydrogens (tertiary/aromatic N) is 1. The molecule has 1 aliphatic carbocycles. The summed E-state index contributed by atoms with van der Waals surface area (Å²) < 4.78 is 1.71. The third-order valence-corrected chi connectivity index (χ3v) is 6.45. The van der Waals surface area contributed by atoms with Crippen molar-refractivity contribution in [2.45, 2.75) is 38.8 Å². The van der Waals surface area contributed by atoms with Crippen molar-refractivity contribution in [2.75, 3.05) is 11.9 Å². The molecule has 1 saturated carbocycles. The fourth-order valence-electron chi connectivity index (χ4n) is 3.39. The SMILES string of the molecule is CC(C)(CO)NC(=O)Nc1sc2c(ccc(=O)n2CC2CC2)c1C(=O)c1ccccc1. The molecule has 2 amide bonds. The van der Waals surface area contributed by atoms with Gasteiger partial charge in [-0.25, -0.2) is 4.79 Å². The maximum atomic E-state index is 13.4. The van der Waals surface area contributed by atoms with E-state index in [1.54, 1.807) is 48.7 Å². The van der Waals surface area contributed by atoms with Gasteiger partial charge in [0.2, 0.25) is 0 Å². The standard InChI is InChI=1S/C23H25N3O4S/c1-23(2,13-27)25-22(30)24-20-18(19(29)15-6-4-3-5-7-15)16-10-11-17(28)26(21(16)31-20)12-14-8-9-14/h3-7,10-11,14,27H,8-9,12-13H2,1-2H3,(H2,24,25,30).